The molecule has 0 saturated carbocycles. The van der Waals surface area contributed by atoms with Crippen molar-refractivity contribution in [3.8, 4) is 5.75 Å². The third-order valence-corrected chi connectivity index (χ3v) is 5.36. The van der Waals surface area contributed by atoms with E-state index in [4.69, 9.17) is 4.74 Å². The van der Waals surface area contributed by atoms with Crippen LogP contribution in [0.15, 0.2) is 53.9 Å². The molecule has 0 aliphatic rings. The van der Waals surface area contributed by atoms with E-state index in [0.717, 1.165) is 22.4 Å². The van der Waals surface area contributed by atoms with Gasteiger partial charge in [-0.2, -0.15) is 0 Å². The number of rotatable bonds is 7. The number of likely N-dealkylation sites (N-methyl/N-ethyl adjacent to an activating group) is 1. The van der Waals surface area contributed by atoms with Crippen molar-refractivity contribution < 1.29 is 13.2 Å². The highest BCUT2D eigenvalue weighted by atomic mass is 32.2. The molecule has 0 radical (unpaired) electrons. The number of nitrogens with zero attached hydrogens (tertiary/aromatic N) is 1. The van der Waals surface area contributed by atoms with Crippen LogP contribution in [0.25, 0.3) is 6.08 Å². The third-order valence-electron chi connectivity index (χ3n) is 3.83. The normalized spacial score (nSPS) is 12.0. The van der Waals surface area contributed by atoms with Crippen LogP contribution in [0.5, 0.6) is 5.75 Å². The van der Waals surface area contributed by atoms with Gasteiger partial charge in [-0.1, -0.05) is 48.0 Å². The second kappa shape index (κ2) is 8.13. The highest BCUT2D eigenvalue weighted by Crippen LogP contribution is 2.18. The summed E-state index contributed by atoms with van der Waals surface area (Å²) in [6.45, 7) is 2.39. The standard InChI is InChI=1S/C19H23NO3S/c1-16-8-10-17(11-9-16)13-15-24(21,22)20(2)14-12-18-6-4-5-7-19(18)23-3/h4-11,13,15H,12,14H2,1-3H3/b15-13+. The Morgan fingerprint density at radius 3 is 2.42 bits per heavy atom. The summed E-state index contributed by atoms with van der Waals surface area (Å²) >= 11 is 0. The van der Waals surface area contributed by atoms with E-state index in [2.05, 4.69) is 0 Å². The van der Waals surface area contributed by atoms with Crippen molar-refractivity contribution >= 4 is 16.1 Å². The summed E-state index contributed by atoms with van der Waals surface area (Å²) in [5.41, 5.74) is 3.00. The second-order valence-electron chi connectivity index (χ2n) is 5.64. The fraction of sp³-hybridized carbons (Fsp3) is 0.263. The minimum absolute atomic E-state index is 0.390. The molecular weight excluding hydrogens is 322 g/mol. The molecule has 0 heterocycles. The van der Waals surface area contributed by atoms with Crippen molar-refractivity contribution in [1.29, 1.82) is 0 Å². The van der Waals surface area contributed by atoms with Crippen molar-refractivity contribution in [1.82, 2.24) is 4.31 Å². The van der Waals surface area contributed by atoms with E-state index >= 15 is 0 Å². The van der Waals surface area contributed by atoms with E-state index in [1.165, 1.54) is 9.71 Å². The van der Waals surface area contributed by atoms with Crippen LogP contribution in [0.4, 0.5) is 0 Å². The number of sulfonamides is 1. The molecule has 0 saturated heterocycles. The van der Waals surface area contributed by atoms with E-state index in [1.54, 1.807) is 20.2 Å². The van der Waals surface area contributed by atoms with Gasteiger partial charge in [-0.15, -0.1) is 0 Å². The molecule has 0 bridgehead atoms. The molecule has 0 aromatic heterocycles. The Morgan fingerprint density at radius 1 is 1.08 bits per heavy atom. The van der Waals surface area contributed by atoms with Crippen molar-refractivity contribution in [2.45, 2.75) is 13.3 Å². The van der Waals surface area contributed by atoms with Gasteiger partial charge in [-0.05, 0) is 36.6 Å². The first-order valence-corrected chi connectivity index (χ1v) is 9.25. The van der Waals surface area contributed by atoms with Gasteiger partial charge in [0.15, 0.2) is 0 Å². The van der Waals surface area contributed by atoms with Gasteiger partial charge in [0.25, 0.3) is 0 Å². The molecule has 0 fully saturated rings. The molecule has 0 spiro atoms. The summed E-state index contributed by atoms with van der Waals surface area (Å²) in [7, 11) is -0.244. The van der Waals surface area contributed by atoms with Gasteiger partial charge in [0.05, 0.1) is 7.11 Å². The van der Waals surface area contributed by atoms with Crippen molar-refractivity contribution in [3.63, 3.8) is 0 Å². The lowest BCUT2D eigenvalue weighted by Crippen LogP contribution is -2.27. The third kappa shape index (κ3) is 4.94. The summed E-state index contributed by atoms with van der Waals surface area (Å²) in [6.07, 6.45) is 2.21. The van der Waals surface area contributed by atoms with Gasteiger partial charge in [-0.25, -0.2) is 12.7 Å². The number of hydrogen-bond acceptors (Lipinski definition) is 3. The quantitative estimate of drug-likeness (QED) is 0.772. The summed E-state index contributed by atoms with van der Waals surface area (Å²) in [5.74, 6) is 0.776. The van der Waals surface area contributed by atoms with Crippen LogP contribution in [0, 0.1) is 6.92 Å². The molecule has 2 rings (SSSR count). The number of aryl methyl sites for hydroxylation is 1. The molecular formula is C19H23NO3S. The molecule has 0 aliphatic carbocycles. The van der Waals surface area contributed by atoms with Crippen molar-refractivity contribution in [3.05, 3.63) is 70.6 Å². The van der Waals surface area contributed by atoms with Crippen LogP contribution in [-0.2, 0) is 16.4 Å². The molecule has 0 N–H and O–H groups in total. The van der Waals surface area contributed by atoms with Crippen molar-refractivity contribution in [2.75, 3.05) is 20.7 Å². The minimum atomic E-state index is -3.45. The Labute approximate surface area is 144 Å². The van der Waals surface area contributed by atoms with Crippen LogP contribution in [0.1, 0.15) is 16.7 Å². The SMILES string of the molecule is COc1ccccc1CCN(C)S(=O)(=O)/C=C/c1ccc(C)cc1. The topological polar surface area (TPSA) is 46.6 Å². The van der Waals surface area contributed by atoms with Crippen LogP contribution >= 0.6 is 0 Å². The predicted octanol–water partition coefficient (Wildman–Crippen LogP) is 3.48. The molecule has 2 aromatic carbocycles. The zero-order valence-corrected chi connectivity index (χ0v) is 15.1. The lowest BCUT2D eigenvalue weighted by atomic mass is 10.1. The fourth-order valence-electron chi connectivity index (χ4n) is 2.26. The van der Waals surface area contributed by atoms with Crippen LogP contribution in [0.3, 0.4) is 0 Å². The first-order valence-electron chi connectivity index (χ1n) is 7.75. The molecule has 0 atom stereocenters. The number of methoxy groups -OCH3 is 1. The molecule has 4 nitrogen and oxygen atoms in total. The van der Waals surface area contributed by atoms with Gasteiger partial charge < -0.3 is 4.74 Å². The Kier molecular flexibility index (Phi) is 6.17. The second-order valence-corrected chi connectivity index (χ2v) is 7.57. The highest BCUT2D eigenvalue weighted by Gasteiger charge is 2.14. The van der Waals surface area contributed by atoms with E-state index in [-0.39, 0.29) is 0 Å². The molecule has 128 valence electrons. The lowest BCUT2D eigenvalue weighted by molar-refractivity contribution is 0.406. The molecule has 0 amide bonds. The molecule has 0 unspecified atom stereocenters. The Morgan fingerprint density at radius 2 is 1.75 bits per heavy atom. The number of para-hydroxylation sites is 1. The van der Waals surface area contributed by atoms with Gasteiger partial charge in [0.2, 0.25) is 10.0 Å². The maximum atomic E-state index is 12.4. The average molecular weight is 345 g/mol. The number of ether oxygens (including phenoxy) is 1. The zero-order chi connectivity index (χ0) is 17.6. The minimum Gasteiger partial charge on any atom is -0.496 e. The van der Waals surface area contributed by atoms with Gasteiger partial charge in [0, 0.05) is 19.0 Å². The molecule has 24 heavy (non-hydrogen) atoms. The zero-order valence-electron chi connectivity index (χ0n) is 14.3. The van der Waals surface area contributed by atoms with Gasteiger partial charge in [-0.3, -0.25) is 0 Å². The van der Waals surface area contributed by atoms with Crippen LogP contribution in [0.2, 0.25) is 0 Å². The summed E-state index contributed by atoms with van der Waals surface area (Å²) in [6, 6.07) is 15.3. The lowest BCUT2D eigenvalue weighted by Gasteiger charge is -2.15. The van der Waals surface area contributed by atoms with E-state index in [9.17, 15) is 8.42 Å². The first kappa shape index (κ1) is 18.2. The summed E-state index contributed by atoms with van der Waals surface area (Å²) < 4.78 is 31.4. The fourth-order valence-corrected chi connectivity index (χ4v) is 3.14. The molecule has 0 aliphatic heterocycles. The maximum absolute atomic E-state index is 12.4. The van der Waals surface area contributed by atoms with Crippen LogP contribution < -0.4 is 4.74 Å². The van der Waals surface area contributed by atoms with Crippen LogP contribution in [-0.4, -0.2) is 33.4 Å². The van der Waals surface area contributed by atoms with E-state index < -0.39 is 10.0 Å². The number of benzene rings is 2. The smallest absolute Gasteiger partial charge is 0.235 e. The highest BCUT2D eigenvalue weighted by molar-refractivity contribution is 7.92. The monoisotopic (exact) mass is 345 g/mol. The van der Waals surface area contributed by atoms with E-state index in [1.807, 2.05) is 55.5 Å². The molecule has 5 heteroatoms. The summed E-state index contributed by atoms with van der Waals surface area (Å²) in [5, 5.41) is 1.25. The Balaban J connectivity index is 2.02. The van der Waals surface area contributed by atoms with E-state index in [0.29, 0.717) is 13.0 Å². The Bertz CT molecular complexity index is 796. The average Bonchev–Trinajstić information content (AvgIpc) is 2.59. The van der Waals surface area contributed by atoms with Crippen molar-refractivity contribution in [2.24, 2.45) is 0 Å². The Hall–Kier alpha value is -2.11. The first-order chi connectivity index (χ1) is 11.4. The predicted molar refractivity (Wildman–Crippen MR) is 98.5 cm³/mol. The molecule has 2 aromatic rings. The van der Waals surface area contributed by atoms with Gasteiger partial charge in [0.1, 0.15) is 5.75 Å². The summed E-state index contributed by atoms with van der Waals surface area (Å²) in [4.78, 5) is 0. The maximum Gasteiger partial charge on any atom is 0.235 e. The largest absolute Gasteiger partial charge is 0.496 e. The van der Waals surface area contributed by atoms with Gasteiger partial charge >= 0.3 is 0 Å². The number of hydrogen-bond donors (Lipinski definition) is 0.